The van der Waals surface area contributed by atoms with Crippen molar-refractivity contribution in [2.45, 2.75) is 65.3 Å². The number of aliphatic hydroxyl groups is 1. The molecule has 1 N–H and O–H groups in total. The zero-order valence-corrected chi connectivity index (χ0v) is 15.4. The molecule has 0 aromatic rings. The number of hydrogen-bond acceptors (Lipinski definition) is 6. The first kappa shape index (κ1) is 18.1. The van der Waals surface area contributed by atoms with Gasteiger partial charge in [-0.25, -0.2) is 0 Å². The quantitative estimate of drug-likeness (QED) is 0.603. The minimum atomic E-state index is -1.27. The molecule has 0 saturated carbocycles. The molecule has 1 unspecified atom stereocenters. The van der Waals surface area contributed by atoms with Crippen LogP contribution in [0.25, 0.3) is 0 Å². The molecular weight excluding hydrogens is 324 g/mol. The van der Waals surface area contributed by atoms with Crippen LogP contribution in [-0.4, -0.2) is 40.6 Å². The Bertz CT molecular complexity index is 659. The maximum atomic E-state index is 12.3. The molecule has 0 aromatic heterocycles. The topological polar surface area (TPSA) is 89.9 Å². The van der Waals surface area contributed by atoms with Crippen LogP contribution in [0.5, 0.6) is 0 Å². The maximum absolute atomic E-state index is 12.3. The van der Waals surface area contributed by atoms with Crippen molar-refractivity contribution in [2.75, 3.05) is 0 Å². The van der Waals surface area contributed by atoms with Crippen molar-refractivity contribution in [3.63, 3.8) is 0 Å². The van der Waals surface area contributed by atoms with E-state index < -0.39 is 29.6 Å². The van der Waals surface area contributed by atoms with Gasteiger partial charge >= 0.3 is 11.9 Å². The molecule has 6 heteroatoms. The summed E-state index contributed by atoms with van der Waals surface area (Å²) in [6.45, 7) is 8.68. The number of hydrogen-bond donors (Lipinski definition) is 1. The van der Waals surface area contributed by atoms with E-state index >= 15 is 0 Å². The number of Topliss-reactive ketones (excluding diaryl/α,β-unsaturated/α-hetero) is 1. The van der Waals surface area contributed by atoms with Crippen molar-refractivity contribution in [2.24, 2.45) is 23.7 Å². The molecule has 6 nitrogen and oxygen atoms in total. The van der Waals surface area contributed by atoms with E-state index in [1.807, 2.05) is 0 Å². The first-order chi connectivity index (χ1) is 11.5. The lowest BCUT2D eigenvalue weighted by atomic mass is 9.81. The summed E-state index contributed by atoms with van der Waals surface area (Å²) < 4.78 is 11.3. The Morgan fingerprint density at radius 1 is 1.32 bits per heavy atom. The second-order valence-electron chi connectivity index (χ2n) is 8.13. The van der Waals surface area contributed by atoms with Crippen molar-refractivity contribution >= 4 is 17.7 Å². The highest BCUT2D eigenvalue weighted by Gasteiger charge is 2.57. The molecule has 0 amide bonds. The van der Waals surface area contributed by atoms with Gasteiger partial charge in [0.05, 0.1) is 23.4 Å². The van der Waals surface area contributed by atoms with Crippen LogP contribution in [0.3, 0.4) is 0 Å². The van der Waals surface area contributed by atoms with Crippen LogP contribution in [0.15, 0.2) is 11.1 Å². The van der Waals surface area contributed by atoms with Crippen molar-refractivity contribution in [1.82, 2.24) is 0 Å². The van der Waals surface area contributed by atoms with Gasteiger partial charge in [0, 0.05) is 18.8 Å². The number of carbonyl (C=O) groups is 3. The van der Waals surface area contributed by atoms with Crippen molar-refractivity contribution in [3.05, 3.63) is 11.1 Å². The molecule has 6 atom stereocenters. The Kier molecular flexibility index (Phi) is 4.30. The van der Waals surface area contributed by atoms with Crippen molar-refractivity contribution in [1.29, 1.82) is 0 Å². The summed E-state index contributed by atoms with van der Waals surface area (Å²) in [5.41, 5.74) is 0.0690. The molecule has 1 saturated heterocycles. The average molecular weight is 350 g/mol. The van der Waals surface area contributed by atoms with E-state index in [1.54, 1.807) is 34.6 Å². The second-order valence-corrected chi connectivity index (χ2v) is 8.13. The molecule has 0 aromatic carbocycles. The van der Waals surface area contributed by atoms with Crippen LogP contribution < -0.4 is 0 Å². The number of ether oxygens (including phenoxy) is 2. The van der Waals surface area contributed by atoms with Gasteiger partial charge in [-0.15, -0.1) is 0 Å². The number of esters is 2. The summed E-state index contributed by atoms with van der Waals surface area (Å²) in [6.07, 6.45) is -0.933. The summed E-state index contributed by atoms with van der Waals surface area (Å²) in [6, 6.07) is 0. The van der Waals surface area contributed by atoms with Gasteiger partial charge in [-0.05, 0) is 18.1 Å². The van der Waals surface area contributed by atoms with E-state index in [9.17, 15) is 19.5 Å². The number of ketones is 1. The van der Waals surface area contributed by atoms with E-state index in [0.29, 0.717) is 11.1 Å². The SMILES string of the molecule is CC(C)C(=O)O[C@@H]1C[C@@](C)(O)C2=C(C(C)C(=O)C2)[C@H]2OC(=O)[C@@H](C)[C@@H]21. The predicted molar refractivity (Wildman–Crippen MR) is 88.3 cm³/mol. The van der Waals surface area contributed by atoms with Gasteiger partial charge in [0.2, 0.25) is 0 Å². The smallest absolute Gasteiger partial charge is 0.309 e. The van der Waals surface area contributed by atoms with Gasteiger partial charge in [0.1, 0.15) is 18.0 Å². The molecule has 0 radical (unpaired) electrons. The van der Waals surface area contributed by atoms with Gasteiger partial charge in [-0.2, -0.15) is 0 Å². The van der Waals surface area contributed by atoms with Crippen LogP contribution in [0, 0.1) is 23.7 Å². The summed E-state index contributed by atoms with van der Waals surface area (Å²) in [7, 11) is 0. The van der Waals surface area contributed by atoms with Crippen LogP contribution in [0.4, 0.5) is 0 Å². The monoisotopic (exact) mass is 350 g/mol. The standard InChI is InChI=1S/C19H26O6/c1-8(2)17(21)24-13-7-19(5,23)11-6-12(20)9(3)14(11)16-15(13)10(4)18(22)25-16/h8-10,13,15-16,23H,6-7H2,1-5H3/t9?,10-,13+,15+,16+,19+/m0/s1. The van der Waals surface area contributed by atoms with Gasteiger partial charge in [0.15, 0.2) is 0 Å². The normalized spacial score (nSPS) is 40.7. The third kappa shape index (κ3) is 2.80. The molecule has 3 aliphatic rings. The lowest BCUT2D eigenvalue weighted by Crippen LogP contribution is -2.40. The van der Waals surface area contributed by atoms with E-state index in [4.69, 9.17) is 9.47 Å². The van der Waals surface area contributed by atoms with Crippen LogP contribution in [0.2, 0.25) is 0 Å². The summed E-state index contributed by atoms with van der Waals surface area (Å²) in [4.78, 5) is 36.7. The van der Waals surface area contributed by atoms with E-state index in [0.717, 1.165) is 0 Å². The Morgan fingerprint density at radius 3 is 2.56 bits per heavy atom. The summed E-state index contributed by atoms with van der Waals surface area (Å²) in [5.74, 6) is -2.23. The summed E-state index contributed by atoms with van der Waals surface area (Å²) >= 11 is 0. The highest BCUT2D eigenvalue weighted by Crippen LogP contribution is 2.50. The second kappa shape index (κ2) is 5.94. The lowest BCUT2D eigenvalue weighted by molar-refractivity contribution is -0.160. The Labute approximate surface area is 147 Å². The lowest BCUT2D eigenvalue weighted by Gasteiger charge is -2.31. The molecule has 0 spiro atoms. The highest BCUT2D eigenvalue weighted by molar-refractivity contribution is 5.91. The van der Waals surface area contributed by atoms with Crippen molar-refractivity contribution < 1.29 is 29.0 Å². The number of carbonyl (C=O) groups excluding carboxylic acids is 3. The first-order valence-electron chi connectivity index (χ1n) is 8.94. The number of rotatable bonds is 2. The maximum Gasteiger partial charge on any atom is 0.309 e. The third-order valence-electron chi connectivity index (χ3n) is 5.91. The zero-order chi connectivity index (χ0) is 18.7. The van der Waals surface area contributed by atoms with Gasteiger partial charge in [0.25, 0.3) is 0 Å². The first-order valence-corrected chi connectivity index (χ1v) is 8.94. The van der Waals surface area contributed by atoms with E-state index in [-0.39, 0.29) is 42.4 Å². The molecule has 1 fully saturated rings. The van der Waals surface area contributed by atoms with Gasteiger partial charge in [-0.3, -0.25) is 14.4 Å². The minimum Gasteiger partial charge on any atom is -0.462 e. The molecule has 0 bridgehead atoms. The van der Waals surface area contributed by atoms with Crippen molar-refractivity contribution in [3.8, 4) is 0 Å². The largest absolute Gasteiger partial charge is 0.462 e. The molecule has 25 heavy (non-hydrogen) atoms. The van der Waals surface area contributed by atoms with E-state index in [2.05, 4.69) is 0 Å². The van der Waals surface area contributed by atoms with Crippen LogP contribution in [-0.2, 0) is 23.9 Å². The number of fused-ring (bicyclic) bond motifs is 2. The molecule has 3 rings (SSSR count). The summed E-state index contributed by atoms with van der Waals surface area (Å²) in [5, 5.41) is 11.0. The van der Waals surface area contributed by atoms with Crippen LogP contribution >= 0.6 is 0 Å². The fourth-order valence-electron chi connectivity index (χ4n) is 4.36. The molecular formula is C19H26O6. The Morgan fingerprint density at radius 2 is 1.96 bits per heavy atom. The Hall–Kier alpha value is -1.69. The fourth-order valence-corrected chi connectivity index (χ4v) is 4.36. The Balaban J connectivity index is 2.05. The molecule has 1 heterocycles. The predicted octanol–water partition coefficient (Wildman–Crippen LogP) is 1.79. The van der Waals surface area contributed by atoms with Gasteiger partial charge in [-0.1, -0.05) is 27.7 Å². The fraction of sp³-hybridized carbons (Fsp3) is 0.737. The van der Waals surface area contributed by atoms with Gasteiger partial charge < -0.3 is 14.6 Å². The highest BCUT2D eigenvalue weighted by atomic mass is 16.6. The molecule has 138 valence electrons. The van der Waals surface area contributed by atoms with Crippen LogP contribution in [0.1, 0.15) is 47.5 Å². The third-order valence-corrected chi connectivity index (χ3v) is 5.91. The van der Waals surface area contributed by atoms with E-state index in [1.165, 1.54) is 0 Å². The zero-order valence-electron chi connectivity index (χ0n) is 15.4. The minimum absolute atomic E-state index is 0.0252. The average Bonchev–Trinajstić information content (AvgIpc) is 2.93. The molecule has 1 aliphatic heterocycles. The molecule has 2 aliphatic carbocycles.